The molecule has 1 fully saturated rings. The van der Waals surface area contributed by atoms with Crippen LogP contribution in [-0.4, -0.2) is 69.7 Å². The molecule has 4 heterocycles. The van der Waals surface area contributed by atoms with Gasteiger partial charge in [-0.2, -0.15) is 0 Å². The van der Waals surface area contributed by atoms with E-state index in [2.05, 4.69) is 19.9 Å². The molecule has 0 spiro atoms. The van der Waals surface area contributed by atoms with Crippen molar-refractivity contribution >= 4 is 36.5 Å². The molecule has 0 bridgehead atoms. The van der Waals surface area contributed by atoms with Crippen LogP contribution in [0.3, 0.4) is 0 Å². The number of aromatic nitrogens is 6. The van der Waals surface area contributed by atoms with Gasteiger partial charge in [-0.3, -0.25) is 13.5 Å². The molecule has 0 aliphatic carbocycles. The molecule has 4 N–H and O–H groups in total. The quantitative estimate of drug-likeness (QED) is 0.131. The summed E-state index contributed by atoms with van der Waals surface area (Å²) >= 11 is 1.38. The molecule has 31 heavy (non-hydrogen) atoms. The number of rotatable bonds is 7. The first-order chi connectivity index (χ1) is 14.3. The monoisotopic (exact) mass is 479 g/mol. The van der Waals surface area contributed by atoms with Crippen molar-refractivity contribution < 1.29 is 58.5 Å². The average Bonchev–Trinajstić information content (AvgIpc) is 3.43. The van der Waals surface area contributed by atoms with Gasteiger partial charge in [-0.25, -0.2) is 19.9 Å². The summed E-state index contributed by atoms with van der Waals surface area (Å²) < 4.78 is 25.0. The van der Waals surface area contributed by atoms with Crippen molar-refractivity contribution in [3.05, 3.63) is 25.0 Å². The summed E-state index contributed by atoms with van der Waals surface area (Å²) in [5, 5.41) is 21.3. The number of aliphatic hydroxyl groups is 2. The van der Waals surface area contributed by atoms with Crippen molar-refractivity contribution in [1.29, 1.82) is 0 Å². The second-order valence-corrected chi connectivity index (χ2v) is 9.29. The number of thioether (sulfide) groups is 1. The fourth-order valence-corrected chi connectivity index (χ4v) is 4.48. The second kappa shape index (κ2) is 9.83. The van der Waals surface area contributed by atoms with Crippen LogP contribution in [0.25, 0.3) is 11.2 Å². The van der Waals surface area contributed by atoms with Gasteiger partial charge in [0.05, 0.1) is 12.9 Å². The molecular weight excluding hydrogens is 460 g/mol. The van der Waals surface area contributed by atoms with Gasteiger partial charge in [0, 0.05) is 12.4 Å². The van der Waals surface area contributed by atoms with E-state index in [0.717, 1.165) is 16.4 Å². The zero-order chi connectivity index (χ0) is 21.5. The summed E-state index contributed by atoms with van der Waals surface area (Å²) in [6.45, 7) is 1.43. The summed E-state index contributed by atoms with van der Waals surface area (Å²) in [5.41, 5.74) is 6.59. The Kier molecular flexibility index (Phi) is 7.79. The molecule has 3 aromatic rings. The van der Waals surface area contributed by atoms with Crippen LogP contribution < -0.4 is 40.2 Å². The Hall–Kier alpha value is -1.06. The van der Waals surface area contributed by atoms with Gasteiger partial charge in [0.25, 0.3) is 0 Å². The van der Waals surface area contributed by atoms with Crippen molar-refractivity contribution in [2.24, 2.45) is 0 Å². The van der Waals surface area contributed by atoms with Crippen molar-refractivity contribution in [2.75, 3.05) is 18.1 Å². The molecule has 13 nitrogen and oxygen atoms in total. The van der Waals surface area contributed by atoms with E-state index in [1.165, 1.54) is 35.0 Å². The van der Waals surface area contributed by atoms with E-state index in [0.29, 0.717) is 16.3 Å². The van der Waals surface area contributed by atoms with Gasteiger partial charge in [0.1, 0.15) is 30.2 Å². The van der Waals surface area contributed by atoms with E-state index in [1.54, 1.807) is 0 Å². The van der Waals surface area contributed by atoms with E-state index in [1.807, 2.05) is 6.92 Å². The van der Waals surface area contributed by atoms with E-state index in [4.69, 9.17) is 15.0 Å². The van der Waals surface area contributed by atoms with Crippen LogP contribution in [0.2, 0.25) is 0 Å². The normalized spacial score (nSPS) is 25.4. The van der Waals surface area contributed by atoms with Crippen molar-refractivity contribution in [2.45, 2.75) is 36.6 Å². The van der Waals surface area contributed by atoms with Crippen LogP contribution >= 0.6 is 19.5 Å². The second-order valence-electron chi connectivity index (χ2n) is 6.40. The number of aliphatic hydroxyl groups excluding tert-OH is 2. The molecule has 1 saturated heterocycles. The molecule has 0 aromatic carbocycles. The fourth-order valence-electron chi connectivity index (χ4n) is 3.03. The molecule has 1 aliphatic rings. The molecule has 4 rings (SSSR count). The Bertz CT molecular complexity index is 1090. The third kappa shape index (κ3) is 4.83. The minimum absolute atomic E-state index is 0. The van der Waals surface area contributed by atoms with Gasteiger partial charge in [0.2, 0.25) is 7.75 Å². The number of fused-ring (bicyclic) bond motifs is 1. The number of hydrogen-bond donors (Lipinski definition) is 3. The SMILES string of the molecule is CCSc1nc(N)c2ncn([C@@H]3O[C@H](COP(=O)([O-])n4ccnc4)[C@@H](O)[C@H]3O)c2n1.[Na+]. The number of hydrogen-bond acceptors (Lipinski definition) is 12. The van der Waals surface area contributed by atoms with E-state index < -0.39 is 38.9 Å². The van der Waals surface area contributed by atoms with E-state index in [9.17, 15) is 19.7 Å². The van der Waals surface area contributed by atoms with Gasteiger partial charge in [-0.1, -0.05) is 18.7 Å². The molecule has 0 amide bonds. The molecular formula is C15H19N7NaO6PS. The largest absolute Gasteiger partial charge is 1.00 e. The summed E-state index contributed by atoms with van der Waals surface area (Å²) in [7, 11) is -4.46. The number of imidazole rings is 2. The van der Waals surface area contributed by atoms with Gasteiger partial charge in [0.15, 0.2) is 22.8 Å². The molecule has 0 saturated carbocycles. The minimum Gasteiger partial charge on any atom is -0.761 e. The Balaban J connectivity index is 0.00000272. The molecule has 3 aromatic heterocycles. The Morgan fingerprint density at radius 2 is 2.13 bits per heavy atom. The van der Waals surface area contributed by atoms with Crippen molar-refractivity contribution in [1.82, 2.24) is 28.8 Å². The van der Waals surface area contributed by atoms with Gasteiger partial charge >= 0.3 is 29.6 Å². The summed E-state index contributed by atoms with van der Waals surface area (Å²) in [5.74, 6) is 0.904. The summed E-state index contributed by atoms with van der Waals surface area (Å²) in [6.07, 6.45) is -0.0339. The number of nitrogen functional groups attached to an aromatic ring is 1. The van der Waals surface area contributed by atoms with Crippen LogP contribution in [0.15, 0.2) is 30.2 Å². The maximum Gasteiger partial charge on any atom is 1.00 e. The number of nitrogens with two attached hydrogens (primary N) is 1. The zero-order valence-electron chi connectivity index (χ0n) is 16.7. The van der Waals surface area contributed by atoms with Crippen LogP contribution in [0.5, 0.6) is 0 Å². The topological polar surface area (TPSA) is 186 Å². The Morgan fingerprint density at radius 3 is 2.81 bits per heavy atom. The Labute approximate surface area is 202 Å². The molecule has 0 radical (unpaired) electrons. The maximum absolute atomic E-state index is 12.1. The molecule has 1 aliphatic heterocycles. The standard InChI is InChI=1S/C15H20N7O6PS.Na/c1-2-30-15-19-12(16)9-13(20-15)22(7-18-9)14-11(24)10(23)8(28-14)5-27-29(25,26)21-4-3-17-6-21;/h3-4,6-8,10-11,14,23-24H,2,5H2,1H3,(H,25,26)(H2,16,19,20);/q;+1/p-1/t8-,10-,11-,14-;/m1./s1. The maximum atomic E-state index is 12.1. The predicted molar refractivity (Wildman–Crippen MR) is 103 cm³/mol. The minimum atomic E-state index is -4.46. The van der Waals surface area contributed by atoms with Crippen LogP contribution in [0.4, 0.5) is 5.82 Å². The number of ether oxygens (including phenoxy) is 1. The molecule has 5 atom stereocenters. The van der Waals surface area contributed by atoms with E-state index in [-0.39, 0.29) is 35.4 Å². The van der Waals surface area contributed by atoms with Gasteiger partial charge in [-0.15, -0.1) is 0 Å². The van der Waals surface area contributed by atoms with Crippen LogP contribution in [-0.2, 0) is 13.8 Å². The first kappa shape index (κ1) is 24.6. The summed E-state index contributed by atoms with van der Waals surface area (Å²) in [4.78, 5) is 28.5. The first-order valence-corrected chi connectivity index (χ1v) is 11.4. The first-order valence-electron chi connectivity index (χ1n) is 8.90. The zero-order valence-corrected chi connectivity index (χ0v) is 20.4. The van der Waals surface area contributed by atoms with Gasteiger partial charge in [-0.05, 0) is 5.75 Å². The molecule has 16 heteroatoms. The van der Waals surface area contributed by atoms with Crippen molar-refractivity contribution in [3.8, 4) is 0 Å². The average molecular weight is 479 g/mol. The third-order valence-electron chi connectivity index (χ3n) is 4.49. The van der Waals surface area contributed by atoms with Crippen LogP contribution in [0.1, 0.15) is 13.2 Å². The fraction of sp³-hybridized carbons (Fsp3) is 0.467. The smallest absolute Gasteiger partial charge is 0.761 e. The predicted octanol–water partition coefficient (Wildman–Crippen LogP) is -3.63. The number of anilines is 1. The van der Waals surface area contributed by atoms with E-state index >= 15 is 0 Å². The molecule has 162 valence electrons. The third-order valence-corrected chi connectivity index (χ3v) is 6.50. The Morgan fingerprint density at radius 1 is 1.35 bits per heavy atom. The van der Waals surface area contributed by atoms with Gasteiger partial charge < -0.3 is 30.1 Å². The van der Waals surface area contributed by atoms with Crippen molar-refractivity contribution in [3.63, 3.8) is 0 Å². The molecule has 1 unspecified atom stereocenters. The van der Waals surface area contributed by atoms with Crippen LogP contribution in [0, 0.1) is 0 Å². The summed E-state index contributed by atoms with van der Waals surface area (Å²) in [6, 6.07) is 0. The number of nitrogens with zero attached hydrogens (tertiary/aromatic N) is 6.